The summed E-state index contributed by atoms with van der Waals surface area (Å²) < 4.78 is 17.1. The van der Waals surface area contributed by atoms with Crippen molar-refractivity contribution < 1.29 is 19.0 Å². The molecule has 0 fully saturated rings. The molecule has 1 heterocycles. The van der Waals surface area contributed by atoms with Gasteiger partial charge in [-0.25, -0.2) is 0 Å². The van der Waals surface area contributed by atoms with Crippen molar-refractivity contribution in [1.29, 1.82) is 0 Å². The highest BCUT2D eigenvalue weighted by atomic mass is 16.5. The van der Waals surface area contributed by atoms with Gasteiger partial charge >= 0.3 is 0 Å². The van der Waals surface area contributed by atoms with Crippen LogP contribution in [0.25, 0.3) is 6.08 Å². The second kappa shape index (κ2) is 10.0. The molecule has 6 heteroatoms. The van der Waals surface area contributed by atoms with Crippen molar-refractivity contribution in [3.05, 3.63) is 89.5 Å². The van der Waals surface area contributed by atoms with E-state index in [2.05, 4.69) is 5.10 Å². The summed E-state index contributed by atoms with van der Waals surface area (Å²) >= 11 is 0. The summed E-state index contributed by atoms with van der Waals surface area (Å²) in [6.07, 6.45) is 1.82. The highest BCUT2D eigenvalue weighted by Gasteiger charge is 2.28. The number of hydrazone groups is 1. The van der Waals surface area contributed by atoms with Crippen molar-refractivity contribution in [1.82, 2.24) is 0 Å². The van der Waals surface area contributed by atoms with Crippen LogP contribution in [0.4, 0.5) is 5.69 Å². The van der Waals surface area contributed by atoms with Crippen molar-refractivity contribution in [3.63, 3.8) is 0 Å². The molecule has 33 heavy (non-hydrogen) atoms. The van der Waals surface area contributed by atoms with Crippen LogP contribution in [0.2, 0.25) is 0 Å². The van der Waals surface area contributed by atoms with Crippen molar-refractivity contribution in [2.45, 2.75) is 13.8 Å². The minimum atomic E-state index is -0.161. The van der Waals surface area contributed by atoms with Crippen LogP contribution in [0, 0.1) is 6.92 Å². The Morgan fingerprint density at radius 3 is 2.33 bits per heavy atom. The number of ether oxygens (including phenoxy) is 3. The summed E-state index contributed by atoms with van der Waals surface area (Å²) in [7, 11) is 1.59. The maximum atomic E-state index is 12.9. The van der Waals surface area contributed by atoms with E-state index in [0.717, 1.165) is 17.0 Å². The Bertz CT molecular complexity index is 1180. The molecular formula is C27H26N2O4. The molecule has 0 spiro atoms. The van der Waals surface area contributed by atoms with E-state index in [1.54, 1.807) is 7.11 Å². The average Bonchev–Trinajstić information content (AvgIpc) is 3.12. The van der Waals surface area contributed by atoms with Crippen LogP contribution < -0.4 is 19.2 Å². The van der Waals surface area contributed by atoms with Gasteiger partial charge in [0, 0.05) is 0 Å². The molecule has 0 bridgehead atoms. The maximum absolute atomic E-state index is 12.9. The van der Waals surface area contributed by atoms with Gasteiger partial charge < -0.3 is 14.2 Å². The van der Waals surface area contributed by atoms with Crippen molar-refractivity contribution in [3.8, 4) is 17.2 Å². The average molecular weight is 443 g/mol. The van der Waals surface area contributed by atoms with E-state index in [0.29, 0.717) is 36.0 Å². The first-order valence-corrected chi connectivity index (χ1v) is 10.7. The van der Waals surface area contributed by atoms with E-state index in [-0.39, 0.29) is 5.91 Å². The van der Waals surface area contributed by atoms with E-state index in [9.17, 15) is 4.79 Å². The Labute approximate surface area is 193 Å². The number of benzene rings is 3. The summed E-state index contributed by atoms with van der Waals surface area (Å²) in [5, 5.41) is 5.84. The van der Waals surface area contributed by atoms with Crippen molar-refractivity contribution in [2.24, 2.45) is 5.10 Å². The fourth-order valence-corrected chi connectivity index (χ4v) is 3.43. The molecule has 1 aliphatic heterocycles. The summed E-state index contributed by atoms with van der Waals surface area (Å²) in [4.78, 5) is 12.9. The van der Waals surface area contributed by atoms with Crippen molar-refractivity contribution >= 4 is 23.4 Å². The lowest BCUT2D eigenvalue weighted by molar-refractivity contribution is -0.114. The fraction of sp³-hybridized carbons (Fsp3) is 0.185. The predicted octanol–water partition coefficient (Wildman–Crippen LogP) is 5.27. The topological polar surface area (TPSA) is 60.4 Å². The molecule has 0 saturated heterocycles. The Morgan fingerprint density at radius 2 is 1.61 bits per heavy atom. The van der Waals surface area contributed by atoms with Crippen molar-refractivity contribution in [2.75, 3.05) is 25.3 Å². The molecule has 0 saturated carbocycles. The molecule has 4 rings (SSSR count). The molecule has 1 aliphatic rings. The normalized spacial score (nSPS) is 14.4. The van der Waals surface area contributed by atoms with E-state index in [1.807, 2.05) is 92.7 Å². The smallest absolute Gasteiger partial charge is 0.280 e. The number of para-hydroxylation sites is 1. The van der Waals surface area contributed by atoms with Gasteiger partial charge in [0.15, 0.2) is 11.5 Å². The van der Waals surface area contributed by atoms with Gasteiger partial charge in [0.25, 0.3) is 5.91 Å². The maximum Gasteiger partial charge on any atom is 0.280 e. The van der Waals surface area contributed by atoms with E-state index in [1.165, 1.54) is 10.6 Å². The molecule has 0 radical (unpaired) electrons. The lowest BCUT2D eigenvalue weighted by atomic mass is 10.1. The minimum absolute atomic E-state index is 0.161. The zero-order valence-electron chi connectivity index (χ0n) is 18.9. The Kier molecular flexibility index (Phi) is 6.74. The Balaban J connectivity index is 1.42. The summed E-state index contributed by atoms with van der Waals surface area (Å²) in [5.74, 6) is 1.84. The highest BCUT2D eigenvalue weighted by molar-refractivity contribution is 6.32. The molecular weight excluding hydrogens is 416 g/mol. The molecule has 0 aromatic heterocycles. The van der Waals surface area contributed by atoms with Gasteiger partial charge in [-0.3, -0.25) is 4.79 Å². The lowest BCUT2D eigenvalue weighted by Crippen LogP contribution is -2.21. The van der Waals surface area contributed by atoms with Gasteiger partial charge in [0.1, 0.15) is 19.0 Å². The minimum Gasteiger partial charge on any atom is -0.493 e. The standard InChI is InChI=1S/C27H26N2O4/c1-19-9-12-23(13-10-19)32-15-16-33-25-14-11-21(18-26(25)31-3)17-24-20(2)28-29(27(24)30)22-7-5-4-6-8-22/h4-14,17-18H,15-16H2,1-3H3/b24-17-. The zero-order valence-corrected chi connectivity index (χ0v) is 18.9. The third kappa shape index (κ3) is 5.23. The third-order valence-corrected chi connectivity index (χ3v) is 5.19. The molecule has 0 aliphatic carbocycles. The second-order valence-electron chi connectivity index (χ2n) is 7.62. The summed E-state index contributed by atoms with van der Waals surface area (Å²) in [6.45, 7) is 4.66. The molecule has 0 unspecified atom stereocenters. The predicted molar refractivity (Wildman–Crippen MR) is 130 cm³/mol. The molecule has 0 N–H and O–H groups in total. The number of methoxy groups -OCH3 is 1. The van der Waals surface area contributed by atoms with Gasteiger partial charge in [-0.15, -0.1) is 0 Å². The lowest BCUT2D eigenvalue weighted by Gasteiger charge is -2.13. The number of hydrogen-bond acceptors (Lipinski definition) is 5. The van der Waals surface area contributed by atoms with Gasteiger partial charge in [-0.2, -0.15) is 10.1 Å². The quantitative estimate of drug-likeness (QED) is 0.352. The van der Waals surface area contributed by atoms with E-state index in [4.69, 9.17) is 14.2 Å². The summed E-state index contributed by atoms with van der Waals surface area (Å²) in [5.41, 5.74) is 3.95. The number of anilines is 1. The number of carbonyl (C=O) groups is 1. The number of rotatable bonds is 8. The number of hydrogen-bond donors (Lipinski definition) is 0. The zero-order chi connectivity index (χ0) is 23.2. The van der Waals surface area contributed by atoms with E-state index < -0.39 is 0 Å². The fourth-order valence-electron chi connectivity index (χ4n) is 3.43. The first-order chi connectivity index (χ1) is 16.0. The summed E-state index contributed by atoms with van der Waals surface area (Å²) in [6, 6.07) is 22.8. The van der Waals surface area contributed by atoms with Crippen LogP contribution >= 0.6 is 0 Å². The first kappa shape index (κ1) is 22.1. The molecule has 3 aromatic rings. The number of carbonyl (C=O) groups excluding carboxylic acids is 1. The Hall–Kier alpha value is -4.06. The first-order valence-electron chi connectivity index (χ1n) is 10.7. The highest BCUT2D eigenvalue weighted by Crippen LogP contribution is 2.30. The van der Waals surface area contributed by atoms with Crippen LogP contribution in [0.5, 0.6) is 17.2 Å². The van der Waals surface area contributed by atoms with Crippen LogP contribution in [0.1, 0.15) is 18.1 Å². The third-order valence-electron chi connectivity index (χ3n) is 5.19. The molecule has 3 aromatic carbocycles. The monoisotopic (exact) mass is 442 g/mol. The number of amides is 1. The molecule has 168 valence electrons. The Morgan fingerprint density at radius 1 is 0.879 bits per heavy atom. The van der Waals surface area contributed by atoms with Gasteiger partial charge in [0.05, 0.1) is 24.1 Å². The van der Waals surface area contributed by atoms with Crippen LogP contribution in [-0.2, 0) is 4.79 Å². The van der Waals surface area contributed by atoms with Crippen LogP contribution in [0.15, 0.2) is 83.5 Å². The van der Waals surface area contributed by atoms with Gasteiger partial charge in [0.2, 0.25) is 0 Å². The van der Waals surface area contributed by atoms with Crippen LogP contribution in [0.3, 0.4) is 0 Å². The molecule has 1 amide bonds. The number of nitrogens with zero attached hydrogens (tertiary/aromatic N) is 2. The number of aryl methyl sites for hydroxylation is 1. The van der Waals surface area contributed by atoms with Gasteiger partial charge in [-0.1, -0.05) is 42.0 Å². The van der Waals surface area contributed by atoms with Gasteiger partial charge in [-0.05, 0) is 61.9 Å². The SMILES string of the molecule is COc1cc(/C=C2\C(=O)N(c3ccccc3)N=C2C)ccc1OCCOc1ccc(C)cc1. The van der Waals surface area contributed by atoms with Crippen LogP contribution in [-0.4, -0.2) is 31.9 Å². The molecule has 6 nitrogen and oxygen atoms in total. The largest absolute Gasteiger partial charge is 0.493 e. The molecule has 0 atom stereocenters. The van der Waals surface area contributed by atoms with E-state index >= 15 is 0 Å². The second-order valence-corrected chi connectivity index (χ2v) is 7.62.